The third-order valence-electron chi connectivity index (χ3n) is 7.79. The minimum atomic E-state index is -3.76. The molecule has 0 amide bonds. The molecule has 41 heavy (non-hydrogen) atoms. The molecule has 2 aromatic rings. The Hall–Kier alpha value is -2.51. The summed E-state index contributed by atoms with van der Waals surface area (Å²) in [5.74, 6) is -1.09. The third-order valence-corrected chi connectivity index (χ3v) is 9.74. The number of unbranched alkanes of at least 4 members (excludes halogenated alkanes) is 2. The van der Waals surface area contributed by atoms with Crippen LogP contribution in [0.1, 0.15) is 71.3 Å². The molecule has 0 N–H and O–H groups in total. The van der Waals surface area contributed by atoms with E-state index < -0.39 is 25.2 Å². The number of hydrogen-bond donors (Lipinski definition) is 0. The lowest BCUT2D eigenvalue weighted by atomic mass is 9.87. The molecule has 1 unspecified atom stereocenters. The van der Waals surface area contributed by atoms with E-state index >= 15 is 0 Å². The smallest absolute Gasteiger partial charge is 0.361 e. The van der Waals surface area contributed by atoms with Crippen LogP contribution in [0.2, 0.25) is 0 Å². The second-order valence-electron chi connectivity index (χ2n) is 12.0. The van der Waals surface area contributed by atoms with Crippen LogP contribution in [-0.4, -0.2) is 54.3 Å². The summed E-state index contributed by atoms with van der Waals surface area (Å²) in [5, 5.41) is 0.472. The Morgan fingerprint density at radius 2 is 1.63 bits per heavy atom. The Kier molecular flexibility index (Phi) is 10.8. The molecule has 2 heterocycles. The summed E-state index contributed by atoms with van der Waals surface area (Å²) in [5.41, 5.74) is 0.418. The van der Waals surface area contributed by atoms with E-state index in [-0.39, 0.29) is 30.6 Å². The van der Waals surface area contributed by atoms with Gasteiger partial charge < -0.3 is 18.5 Å². The topological polar surface area (TPSA) is 91.4 Å². The fourth-order valence-corrected chi connectivity index (χ4v) is 7.75. The Labute approximate surface area is 244 Å². The van der Waals surface area contributed by atoms with Crippen LogP contribution < -0.4 is 5.30 Å². The summed E-state index contributed by atoms with van der Waals surface area (Å²) in [6.07, 6.45) is 4.75. The predicted octanol–water partition coefficient (Wildman–Crippen LogP) is 6.04. The number of rotatable bonds is 13. The zero-order valence-corrected chi connectivity index (χ0v) is 25.6. The van der Waals surface area contributed by atoms with Crippen molar-refractivity contribution < 1.29 is 32.7 Å². The van der Waals surface area contributed by atoms with Gasteiger partial charge >= 0.3 is 19.5 Å². The lowest BCUT2D eigenvalue weighted by Gasteiger charge is -2.43. The van der Waals surface area contributed by atoms with Crippen LogP contribution in [0.3, 0.4) is 0 Å². The Bertz CT molecular complexity index is 1180. The number of fused-ring (bicyclic) bond motifs is 2. The molecule has 2 aliphatic rings. The molecule has 2 aliphatic heterocycles. The predicted molar refractivity (Wildman–Crippen MR) is 158 cm³/mol. The molecule has 0 aliphatic carbocycles. The summed E-state index contributed by atoms with van der Waals surface area (Å²) in [6.45, 7) is 6.58. The standard InChI is InChI=1S/C32H44NO7P/c1-32(2,3)39-29(34)18-12-7-13-21-33-25-19-20-27(33)30(31(35)37-4)28(22-25)40-41(36,26-16-10-6-11-17-26)38-23-24-14-8-5-9-15-24/h5-6,8-11,14-17,25,27-28,30H,7,12-13,18-23H2,1-4H3/t25-,27+,28-,30+,41?/m0/s1. The first kappa shape index (κ1) is 31.4. The molecule has 2 saturated heterocycles. The van der Waals surface area contributed by atoms with E-state index in [9.17, 15) is 14.2 Å². The van der Waals surface area contributed by atoms with Crippen molar-refractivity contribution in [3.63, 3.8) is 0 Å². The van der Waals surface area contributed by atoms with Gasteiger partial charge in [0, 0.05) is 18.5 Å². The van der Waals surface area contributed by atoms with Crippen molar-refractivity contribution >= 4 is 24.8 Å². The molecular weight excluding hydrogens is 541 g/mol. The third kappa shape index (κ3) is 8.51. The van der Waals surface area contributed by atoms with Crippen molar-refractivity contribution in [2.24, 2.45) is 5.92 Å². The molecular formula is C32H44NO7P. The van der Waals surface area contributed by atoms with Crippen LogP contribution in [0.4, 0.5) is 0 Å². The highest BCUT2D eigenvalue weighted by Crippen LogP contribution is 2.53. The summed E-state index contributed by atoms with van der Waals surface area (Å²) >= 11 is 0. The van der Waals surface area contributed by atoms with Gasteiger partial charge in [-0.05, 0) is 77.1 Å². The average Bonchev–Trinajstić information content (AvgIpc) is 3.23. The molecule has 2 fully saturated rings. The summed E-state index contributed by atoms with van der Waals surface area (Å²) in [7, 11) is -2.37. The van der Waals surface area contributed by atoms with Crippen molar-refractivity contribution in [1.82, 2.24) is 4.90 Å². The molecule has 9 heteroatoms. The minimum Gasteiger partial charge on any atom is -0.469 e. The van der Waals surface area contributed by atoms with E-state index in [0.29, 0.717) is 18.1 Å². The number of esters is 2. The van der Waals surface area contributed by atoms with Gasteiger partial charge in [-0.15, -0.1) is 0 Å². The first-order valence-corrected chi connectivity index (χ1v) is 16.2. The molecule has 8 nitrogen and oxygen atoms in total. The van der Waals surface area contributed by atoms with Gasteiger partial charge in [0.05, 0.1) is 31.0 Å². The van der Waals surface area contributed by atoms with E-state index in [1.54, 1.807) is 12.1 Å². The molecule has 0 aromatic heterocycles. The van der Waals surface area contributed by atoms with E-state index in [1.165, 1.54) is 7.11 Å². The number of ether oxygens (including phenoxy) is 2. The van der Waals surface area contributed by atoms with Gasteiger partial charge in [-0.25, -0.2) is 0 Å². The summed E-state index contributed by atoms with van der Waals surface area (Å²) in [4.78, 5) is 27.6. The van der Waals surface area contributed by atoms with Gasteiger partial charge in [-0.1, -0.05) is 55.0 Å². The van der Waals surface area contributed by atoms with Crippen molar-refractivity contribution in [2.45, 2.75) is 96.1 Å². The fraction of sp³-hybridized carbons (Fsp3) is 0.562. The van der Waals surface area contributed by atoms with Gasteiger partial charge in [0.25, 0.3) is 0 Å². The molecule has 224 valence electrons. The van der Waals surface area contributed by atoms with Crippen molar-refractivity contribution in [1.29, 1.82) is 0 Å². The van der Waals surface area contributed by atoms with Crippen LogP contribution in [0.15, 0.2) is 60.7 Å². The number of piperidine rings is 1. The number of methoxy groups -OCH3 is 1. The second-order valence-corrected chi connectivity index (χ2v) is 13.9. The highest BCUT2D eigenvalue weighted by atomic mass is 31.2. The quantitative estimate of drug-likeness (QED) is 0.160. The molecule has 0 radical (unpaired) electrons. The van der Waals surface area contributed by atoms with Gasteiger partial charge in [-0.3, -0.25) is 19.1 Å². The number of hydrogen-bond acceptors (Lipinski definition) is 8. The maximum atomic E-state index is 14.4. The number of nitrogens with zero attached hydrogens (tertiary/aromatic N) is 1. The van der Waals surface area contributed by atoms with Gasteiger partial charge in [0.1, 0.15) is 5.60 Å². The monoisotopic (exact) mass is 585 g/mol. The highest BCUT2D eigenvalue weighted by molar-refractivity contribution is 7.62. The molecule has 2 aromatic carbocycles. The van der Waals surface area contributed by atoms with Crippen molar-refractivity contribution in [2.75, 3.05) is 13.7 Å². The number of carbonyl (C=O) groups excluding carboxylic acids is 2. The summed E-state index contributed by atoms with van der Waals surface area (Å²) < 4.78 is 37.5. The van der Waals surface area contributed by atoms with Crippen molar-refractivity contribution in [3.05, 3.63) is 66.2 Å². The lowest BCUT2D eigenvalue weighted by molar-refractivity contribution is -0.156. The van der Waals surface area contributed by atoms with E-state index in [1.807, 2.05) is 69.3 Å². The van der Waals surface area contributed by atoms with E-state index in [4.69, 9.17) is 18.5 Å². The average molecular weight is 586 g/mol. The van der Waals surface area contributed by atoms with Crippen LogP contribution in [0.25, 0.3) is 0 Å². The zero-order valence-electron chi connectivity index (χ0n) is 24.7. The van der Waals surface area contributed by atoms with Crippen molar-refractivity contribution in [3.8, 4) is 0 Å². The van der Waals surface area contributed by atoms with Crippen LogP contribution >= 0.6 is 7.60 Å². The Morgan fingerprint density at radius 3 is 2.29 bits per heavy atom. The number of benzene rings is 2. The molecule has 0 saturated carbocycles. The minimum absolute atomic E-state index is 0.0598. The Morgan fingerprint density at radius 1 is 0.951 bits per heavy atom. The Balaban J connectivity index is 1.43. The highest BCUT2D eigenvalue weighted by Gasteiger charge is 2.53. The maximum absolute atomic E-state index is 14.4. The fourth-order valence-electron chi connectivity index (χ4n) is 5.99. The first-order chi connectivity index (χ1) is 19.6. The van der Waals surface area contributed by atoms with Crippen LogP contribution in [-0.2, 0) is 39.3 Å². The largest absolute Gasteiger partial charge is 0.469 e. The molecule has 4 rings (SSSR count). The summed E-state index contributed by atoms with van der Waals surface area (Å²) in [6, 6.07) is 18.7. The normalized spacial score (nSPS) is 24.0. The second kappa shape index (κ2) is 14.1. The van der Waals surface area contributed by atoms with E-state index in [2.05, 4.69) is 4.90 Å². The van der Waals surface area contributed by atoms with E-state index in [0.717, 1.165) is 44.2 Å². The number of carbonyl (C=O) groups is 2. The van der Waals surface area contributed by atoms with Crippen LogP contribution in [0, 0.1) is 5.92 Å². The van der Waals surface area contributed by atoms with Gasteiger partial charge in [0.2, 0.25) is 0 Å². The first-order valence-electron chi connectivity index (χ1n) is 14.7. The maximum Gasteiger partial charge on any atom is 0.361 e. The van der Waals surface area contributed by atoms with Crippen LogP contribution in [0.5, 0.6) is 0 Å². The van der Waals surface area contributed by atoms with Gasteiger partial charge in [-0.2, -0.15) is 0 Å². The zero-order chi connectivity index (χ0) is 29.5. The lowest BCUT2D eigenvalue weighted by Crippen LogP contribution is -2.54. The van der Waals surface area contributed by atoms with Gasteiger partial charge in [0.15, 0.2) is 0 Å². The molecule has 5 atom stereocenters. The SMILES string of the molecule is COC(=O)[C@H]1[C@@H](OP(=O)(OCc2ccccc2)c2ccccc2)C[C@@H]2CC[C@H]1N2CCCCCC(=O)OC(C)(C)C. The molecule has 0 spiro atoms. The molecule has 2 bridgehead atoms.